The summed E-state index contributed by atoms with van der Waals surface area (Å²) in [6.45, 7) is 14.0. The highest BCUT2D eigenvalue weighted by Gasteiger charge is 2.19. The first-order valence-corrected chi connectivity index (χ1v) is 15.6. The molecule has 0 saturated heterocycles. The van der Waals surface area contributed by atoms with Crippen LogP contribution in [0, 0.1) is 17.5 Å². The largest absolute Gasteiger partial charge is 0.248 e. The number of halogens is 5. The third-order valence-corrected chi connectivity index (χ3v) is 7.70. The first-order chi connectivity index (χ1) is 21.1. The van der Waals surface area contributed by atoms with E-state index in [1.165, 1.54) is 53.1 Å². The van der Waals surface area contributed by atoms with Crippen LogP contribution in [0.5, 0.6) is 0 Å². The molecule has 0 saturated carbocycles. The minimum absolute atomic E-state index is 0.00107. The van der Waals surface area contributed by atoms with Crippen molar-refractivity contribution in [1.82, 2.24) is 0 Å². The molecule has 0 nitrogen and oxygen atoms in total. The molecule has 3 aromatic rings. The summed E-state index contributed by atoms with van der Waals surface area (Å²) < 4.78 is 64.8. The molecular weight excluding hydrogens is 563 g/mol. The maximum absolute atomic E-state index is 13.5. The van der Waals surface area contributed by atoms with Crippen LogP contribution in [0.15, 0.2) is 102 Å². The van der Waals surface area contributed by atoms with Crippen molar-refractivity contribution in [2.24, 2.45) is 0 Å². The molecule has 0 bridgehead atoms. The van der Waals surface area contributed by atoms with E-state index in [0.29, 0.717) is 18.4 Å². The molecule has 0 N–H and O–H groups in total. The van der Waals surface area contributed by atoms with Gasteiger partial charge in [0.05, 0.1) is 0 Å². The Morgan fingerprint density at radius 3 is 1.73 bits per heavy atom. The normalized spacial score (nSPS) is 12.8. The highest BCUT2D eigenvalue weighted by atomic mass is 19.2. The van der Waals surface area contributed by atoms with E-state index in [0.717, 1.165) is 54.9 Å². The predicted octanol–water partition coefficient (Wildman–Crippen LogP) is 12.7. The Morgan fingerprint density at radius 1 is 0.773 bits per heavy atom. The van der Waals surface area contributed by atoms with E-state index in [1.54, 1.807) is 6.92 Å². The van der Waals surface area contributed by atoms with Crippen molar-refractivity contribution >= 4 is 0 Å². The van der Waals surface area contributed by atoms with Crippen molar-refractivity contribution in [2.75, 3.05) is 6.67 Å². The van der Waals surface area contributed by atoms with E-state index in [1.807, 2.05) is 24.3 Å². The smallest absolute Gasteiger partial charge is 0.153 e. The van der Waals surface area contributed by atoms with Crippen LogP contribution in [0.2, 0.25) is 0 Å². The van der Waals surface area contributed by atoms with Crippen molar-refractivity contribution in [2.45, 2.75) is 91.7 Å². The van der Waals surface area contributed by atoms with E-state index in [-0.39, 0.29) is 23.1 Å². The van der Waals surface area contributed by atoms with E-state index >= 15 is 0 Å². The van der Waals surface area contributed by atoms with Gasteiger partial charge in [-0.3, -0.25) is 0 Å². The zero-order chi connectivity index (χ0) is 32.6. The van der Waals surface area contributed by atoms with Crippen molar-refractivity contribution < 1.29 is 22.0 Å². The second-order valence-corrected chi connectivity index (χ2v) is 11.1. The van der Waals surface area contributed by atoms with Crippen LogP contribution in [0.1, 0.15) is 107 Å². The summed E-state index contributed by atoms with van der Waals surface area (Å²) in [5.41, 5.74) is 7.80. The SMILES string of the molecule is C=C(CC(c1ccc(F)cc1)c1ccc(F)cc1)/C(CC)=C(\C=C(/C)CCC)CCC.CCc1ccc(C(F)CF)cc1F. The lowest BCUT2D eigenvalue weighted by Crippen LogP contribution is -2.05. The molecule has 1 unspecified atom stereocenters. The Hall–Kier alpha value is -3.47. The van der Waals surface area contributed by atoms with Crippen molar-refractivity contribution in [3.05, 3.63) is 141 Å². The molecule has 5 heteroatoms. The summed E-state index contributed by atoms with van der Waals surface area (Å²) in [6, 6.07) is 17.2. The maximum Gasteiger partial charge on any atom is 0.153 e. The van der Waals surface area contributed by atoms with Gasteiger partial charge in [-0.15, -0.1) is 0 Å². The predicted molar refractivity (Wildman–Crippen MR) is 175 cm³/mol. The molecule has 0 aliphatic rings. The number of hydrogen-bond donors (Lipinski definition) is 0. The minimum atomic E-state index is -1.71. The summed E-state index contributed by atoms with van der Waals surface area (Å²) in [7, 11) is 0. The summed E-state index contributed by atoms with van der Waals surface area (Å²) in [5.74, 6) is -0.970. The van der Waals surface area contributed by atoms with Crippen molar-refractivity contribution in [1.29, 1.82) is 0 Å². The third-order valence-electron chi connectivity index (χ3n) is 7.70. The number of benzene rings is 3. The summed E-state index contributed by atoms with van der Waals surface area (Å²) in [4.78, 5) is 0. The van der Waals surface area contributed by atoms with Crippen LogP contribution in [-0.2, 0) is 6.42 Å². The number of rotatable bonds is 14. The average Bonchev–Trinajstić information content (AvgIpc) is 3.01. The molecule has 1 atom stereocenters. The molecule has 0 aromatic heterocycles. The van der Waals surface area contributed by atoms with Gasteiger partial charge in [0, 0.05) is 5.92 Å². The molecule has 3 rings (SSSR count). The number of alkyl halides is 2. The lowest BCUT2D eigenvalue weighted by atomic mass is 9.82. The van der Waals surface area contributed by atoms with Gasteiger partial charge in [-0.25, -0.2) is 22.0 Å². The number of hydrogen-bond acceptors (Lipinski definition) is 0. The fourth-order valence-corrected chi connectivity index (χ4v) is 5.37. The Kier molecular flexibility index (Phi) is 15.9. The Balaban J connectivity index is 0.000000432. The highest BCUT2D eigenvalue weighted by molar-refractivity contribution is 5.43. The molecule has 0 aliphatic carbocycles. The molecule has 44 heavy (non-hydrogen) atoms. The van der Waals surface area contributed by atoms with E-state index in [2.05, 4.69) is 40.3 Å². The van der Waals surface area contributed by atoms with Gasteiger partial charge < -0.3 is 0 Å². The van der Waals surface area contributed by atoms with Crippen LogP contribution in [0.3, 0.4) is 0 Å². The van der Waals surface area contributed by atoms with E-state index in [9.17, 15) is 22.0 Å². The second kappa shape index (κ2) is 19.0. The molecule has 238 valence electrons. The number of allylic oxidation sites excluding steroid dienone is 5. The molecule has 3 aromatic carbocycles. The van der Waals surface area contributed by atoms with Gasteiger partial charge in [-0.1, -0.05) is 101 Å². The molecule has 0 fully saturated rings. The van der Waals surface area contributed by atoms with Gasteiger partial charge in [0.1, 0.15) is 24.1 Å². The van der Waals surface area contributed by atoms with Crippen molar-refractivity contribution in [3.63, 3.8) is 0 Å². The Bertz CT molecular complexity index is 1320. The van der Waals surface area contributed by atoms with Crippen LogP contribution in [0.25, 0.3) is 0 Å². The fourth-order valence-electron chi connectivity index (χ4n) is 5.37. The highest BCUT2D eigenvalue weighted by Crippen LogP contribution is 2.35. The lowest BCUT2D eigenvalue weighted by Gasteiger charge is -2.22. The molecule has 0 heterocycles. The van der Waals surface area contributed by atoms with E-state index in [4.69, 9.17) is 0 Å². The van der Waals surface area contributed by atoms with Gasteiger partial charge in [0.15, 0.2) is 6.17 Å². The minimum Gasteiger partial charge on any atom is -0.248 e. The molecule has 0 radical (unpaired) electrons. The first kappa shape index (κ1) is 36.7. The monoisotopic (exact) mass is 610 g/mol. The summed E-state index contributed by atoms with van der Waals surface area (Å²) in [6.07, 6.45) is 7.19. The quantitative estimate of drug-likeness (QED) is 0.126. The Morgan fingerprint density at radius 2 is 1.30 bits per heavy atom. The third kappa shape index (κ3) is 11.2. The van der Waals surface area contributed by atoms with Gasteiger partial charge >= 0.3 is 0 Å². The fraction of sp³-hybridized carbons (Fsp3) is 0.385. The summed E-state index contributed by atoms with van der Waals surface area (Å²) in [5, 5.41) is 0. The van der Waals surface area contributed by atoms with E-state index < -0.39 is 18.7 Å². The van der Waals surface area contributed by atoms with Gasteiger partial charge in [0.25, 0.3) is 0 Å². The topological polar surface area (TPSA) is 0 Å². The number of aryl methyl sites for hydroxylation is 1. The van der Waals surface area contributed by atoms with Gasteiger partial charge in [0.2, 0.25) is 0 Å². The maximum atomic E-state index is 13.5. The molecular formula is C39H47F5. The summed E-state index contributed by atoms with van der Waals surface area (Å²) >= 11 is 0. The molecule has 0 amide bonds. The molecule has 0 spiro atoms. The zero-order valence-corrected chi connectivity index (χ0v) is 26.8. The average molecular weight is 611 g/mol. The standard InChI is InChI=1S/C29H36F2.C10H11F3/c1-6-9-21(4)19-25(10-7-2)28(8-3)22(5)20-29(23-11-15-26(30)16-12-23)24-13-17-27(31)18-14-24;1-2-7-3-4-8(5-9(7)12)10(13)6-11/h11-19,29H,5-10,20H2,1-4H3;3-5,10H,2,6H2,1H3/b21-19+,28-25-;. The zero-order valence-electron chi connectivity index (χ0n) is 26.8. The lowest BCUT2D eigenvalue weighted by molar-refractivity contribution is 0.265. The van der Waals surface area contributed by atoms with Gasteiger partial charge in [-0.05, 0) is 103 Å². The van der Waals surface area contributed by atoms with Crippen molar-refractivity contribution in [3.8, 4) is 0 Å². The Labute approximate surface area is 261 Å². The first-order valence-electron chi connectivity index (χ1n) is 15.6. The molecule has 0 aliphatic heterocycles. The van der Waals surface area contributed by atoms with Gasteiger partial charge in [-0.2, -0.15) is 0 Å². The van der Waals surface area contributed by atoms with Crippen LogP contribution in [0.4, 0.5) is 22.0 Å². The van der Waals surface area contributed by atoms with Crippen LogP contribution in [-0.4, -0.2) is 6.67 Å². The van der Waals surface area contributed by atoms with Crippen LogP contribution < -0.4 is 0 Å². The second-order valence-electron chi connectivity index (χ2n) is 11.1. The van der Waals surface area contributed by atoms with Crippen LogP contribution >= 0.6 is 0 Å².